The van der Waals surface area contributed by atoms with Gasteiger partial charge in [0.25, 0.3) is 5.91 Å². The molecule has 2 rings (SSSR count). The summed E-state index contributed by atoms with van der Waals surface area (Å²) in [7, 11) is 0. The van der Waals surface area contributed by atoms with Gasteiger partial charge in [0, 0.05) is 25.3 Å². The van der Waals surface area contributed by atoms with Crippen molar-refractivity contribution in [2.75, 3.05) is 38.5 Å². The molecule has 0 bridgehead atoms. The van der Waals surface area contributed by atoms with Crippen molar-refractivity contribution in [2.45, 2.75) is 20.0 Å². The first-order chi connectivity index (χ1) is 9.60. The number of nitrogens with zero attached hydrogens (tertiary/aromatic N) is 1. The van der Waals surface area contributed by atoms with Crippen LogP contribution in [0.4, 0.5) is 5.69 Å². The van der Waals surface area contributed by atoms with E-state index in [0.29, 0.717) is 17.8 Å². The molecule has 1 heterocycles. The highest BCUT2D eigenvalue weighted by atomic mass is 16.5. The predicted octanol–water partition coefficient (Wildman–Crippen LogP) is 1.03. The molecule has 0 saturated carbocycles. The molecule has 0 radical (unpaired) electrons. The molecular formula is C15H23N3O2. The second-order valence-corrected chi connectivity index (χ2v) is 5.19. The quantitative estimate of drug-likeness (QED) is 0.807. The Kier molecular flexibility index (Phi) is 4.98. The average Bonchev–Trinajstić information content (AvgIpc) is 2.45. The summed E-state index contributed by atoms with van der Waals surface area (Å²) in [6.45, 7) is 8.16. The summed E-state index contributed by atoms with van der Waals surface area (Å²) >= 11 is 0. The lowest BCUT2D eigenvalue weighted by molar-refractivity contribution is -0.0246. The van der Waals surface area contributed by atoms with E-state index in [-0.39, 0.29) is 12.0 Å². The van der Waals surface area contributed by atoms with Gasteiger partial charge in [-0.1, -0.05) is 13.0 Å². The van der Waals surface area contributed by atoms with Crippen LogP contribution in [0.25, 0.3) is 0 Å². The van der Waals surface area contributed by atoms with Gasteiger partial charge in [0.15, 0.2) is 0 Å². The summed E-state index contributed by atoms with van der Waals surface area (Å²) in [6.07, 6.45) is 0.0549. The zero-order chi connectivity index (χ0) is 14.5. The number of anilines is 1. The van der Waals surface area contributed by atoms with E-state index in [1.54, 1.807) is 6.07 Å². The SMILES string of the molecule is CCN1CCOC(CNC(=O)c2ccc(C)cc2N)C1. The summed E-state index contributed by atoms with van der Waals surface area (Å²) < 4.78 is 5.66. The minimum absolute atomic E-state index is 0.0549. The van der Waals surface area contributed by atoms with Crippen molar-refractivity contribution in [2.24, 2.45) is 0 Å². The van der Waals surface area contributed by atoms with E-state index in [1.165, 1.54) is 0 Å². The standard InChI is InChI=1S/C15H23N3O2/c1-3-18-6-7-20-12(10-18)9-17-15(19)13-5-4-11(2)8-14(13)16/h4-5,8,12H,3,6-7,9-10,16H2,1-2H3,(H,17,19). The Labute approximate surface area is 120 Å². The Morgan fingerprint density at radius 2 is 2.35 bits per heavy atom. The third-order valence-electron chi connectivity index (χ3n) is 3.61. The lowest BCUT2D eigenvalue weighted by atomic mass is 10.1. The second-order valence-electron chi connectivity index (χ2n) is 5.19. The number of hydrogen-bond donors (Lipinski definition) is 2. The number of likely N-dealkylation sites (N-methyl/N-ethyl adjacent to an activating group) is 1. The number of benzene rings is 1. The van der Waals surface area contributed by atoms with Gasteiger partial charge >= 0.3 is 0 Å². The summed E-state index contributed by atoms with van der Waals surface area (Å²) in [4.78, 5) is 14.4. The largest absolute Gasteiger partial charge is 0.398 e. The van der Waals surface area contributed by atoms with Crippen LogP contribution in [-0.4, -0.2) is 49.7 Å². The Hall–Kier alpha value is -1.59. The van der Waals surface area contributed by atoms with Crippen LogP contribution < -0.4 is 11.1 Å². The minimum atomic E-state index is -0.139. The van der Waals surface area contributed by atoms with Gasteiger partial charge < -0.3 is 15.8 Å². The molecular weight excluding hydrogens is 254 g/mol. The van der Waals surface area contributed by atoms with Crippen molar-refractivity contribution in [1.82, 2.24) is 10.2 Å². The number of hydrogen-bond acceptors (Lipinski definition) is 4. The molecule has 1 aliphatic rings. The summed E-state index contributed by atoms with van der Waals surface area (Å²) in [6, 6.07) is 5.46. The summed E-state index contributed by atoms with van der Waals surface area (Å²) in [5.74, 6) is -0.139. The number of carbonyl (C=O) groups excluding carboxylic acids is 1. The maximum Gasteiger partial charge on any atom is 0.253 e. The minimum Gasteiger partial charge on any atom is -0.398 e. The van der Waals surface area contributed by atoms with Gasteiger partial charge in [-0.05, 0) is 31.2 Å². The first-order valence-corrected chi connectivity index (χ1v) is 7.08. The molecule has 0 spiro atoms. The van der Waals surface area contributed by atoms with Crippen LogP contribution >= 0.6 is 0 Å². The van der Waals surface area contributed by atoms with E-state index < -0.39 is 0 Å². The first-order valence-electron chi connectivity index (χ1n) is 7.08. The van der Waals surface area contributed by atoms with Crippen molar-refractivity contribution >= 4 is 11.6 Å². The Morgan fingerprint density at radius 1 is 1.55 bits per heavy atom. The Morgan fingerprint density at radius 3 is 3.05 bits per heavy atom. The van der Waals surface area contributed by atoms with Crippen LogP contribution in [0, 0.1) is 6.92 Å². The monoisotopic (exact) mass is 277 g/mol. The van der Waals surface area contributed by atoms with Crippen LogP contribution in [0.15, 0.2) is 18.2 Å². The van der Waals surface area contributed by atoms with Crippen molar-refractivity contribution < 1.29 is 9.53 Å². The third-order valence-corrected chi connectivity index (χ3v) is 3.61. The molecule has 1 unspecified atom stereocenters. The van der Waals surface area contributed by atoms with E-state index in [2.05, 4.69) is 17.1 Å². The highest BCUT2D eigenvalue weighted by Gasteiger charge is 2.20. The van der Waals surface area contributed by atoms with Crippen molar-refractivity contribution in [1.29, 1.82) is 0 Å². The zero-order valence-electron chi connectivity index (χ0n) is 12.2. The number of nitrogens with one attached hydrogen (secondary N) is 1. The van der Waals surface area contributed by atoms with Gasteiger partial charge in [-0.25, -0.2) is 0 Å². The van der Waals surface area contributed by atoms with Gasteiger partial charge in [-0.15, -0.1) is 0 Å². The van der Waals surface area contributed by atoms with E-state index >= 15 is 0 Å². The number of ether oxygens (including phenoxy) is 1. The number of amides is 1. The summed E-state index contributed by atoms with van der Waals surface area (Å²) in [5.41, 5.74) is 7.97. The fourth-order valence-electron chi connectivity index (χ4n) is 2.38. The van der Waals surface area contributed by atoms with Crippen molar-refractivity contribution in [3.05, 3.63) is 29.3 Å². The number of nitrogens with two attached hydrogens (primary N) is 1. The molecule has 5 nitrogen and oxygen atoms in total. The van der Waals surface area contributed by atoms with Crippen LogP contribution in [-0.2, 0) is 4.74 Å². The lowest BCUT2D eigenvalue weighted by Gasteiger charge is -2.32. The topological polar surface area (TPSA) is 67.6 Å². The van der Waals surface area contributed by atoms with Gasteiger partial charge in [0.2, 0.25) is 0 Å². The van der Waals surface area contributed by atoms with Crippen LogP contribution in [0.2, 0.25) is 0 Å². The molecule has 1 amide bonds. The molecule has 1 saturated heterocycles. The van der Waals surface area contributed by atoms with Gasteiger partial charge in [-0.3, -0.25) is 9.69 Å². The molecule has 1 aromatic rings. The van der Waals surface area contributed by atoms with E-state index in [4.69, 9.17) is 10.5 Å². The normalized spacial score (nSPS) is 19.8. The molecule has 5 heteroatoms. The van der Waals surface area contributed by atoms with E-state index in [1.807, 2.05) is 19.1 Å². The van der Waals surface area contributed by atoms with Crippen molar-refractivity contribution in [3.63, 3.8) is 0 Å². The smallest absolute Gasteiger partial charge is 0.253 e. The molecule has 1 aliphatic heterocycles. The maximum absolute atomic E-state index is 12.1. The third kappa shape index (κ3) is 3.71. The summed E-state index contributed by atoms with van der Waals surface area (Å²) in [5, 5.41) is 2.90. The number of nitrogen functional groups attached to an aromatic ring is 1. The van der Waals surface area contributed by atoms with E-state index in [0.717, 1.165) is 31.8 Å². The zero-order valence-corrected chi connectivity index (χ0v) is 12.2. The lowest BCUT2D eigenvalue weighted by Crippen LogP contribution is -2.47. The highest BCUT2D eigenvalue weighted by Crippen LogP contribution is 2.13. The number of morpholine rings is 1. The molecule has 1 atom stereocenters. The Bertz CT molecular complexity index is 476. The van der Waals surface area contributed by atoms with Crippen LogP contribution in [0.5, 0.6) is 0 Å². The van der Waals surface area contributed by atoms with Gasteiger partial charge in [0.05, 0.1) is 18.3 Å². The first kappa shape index (κ1) is 14.8. The Balaban J connectivity index is 1.88. The van der Waals surface area contributed by atoms with Gasteiger partial charge in [0.1, 0.15) is 0 Å². The van der Waals surface area contributed by atoms with Crippen LogP contribution in [0.1, 0.15) is 22.8 Å². The molecule has 1 aromatic carbocycles. The predicted molar refractivity (Wildman–Crippen MR) is 79.8 cm³/mol. The molecule has 0 aromatic heterocycles. The molecule has 110 valence electrons. The highest BCUT2D eigenvalue weighted by molar-refractivity contribution is 5.99. The van der Waals surface area contributed by atoms with Crippen molar-refractivity contribution in [3.8, 4) is 0 Å². The van der Waals surface area contributed by atoms with Crippen LogP contribution in [0.3, 0.4) is 0 Å². The fraction of sp³-hybridized carbons (Fsp3) is 0.533. The molecule has 1 fully saturated rings. The molecule has 20 heavy (non-hydrogen) atoms. The fourth-order valence-corrected chi connectivity index (χ4v) is 2.38. The molecule has 3 N–H and O–H groups in total. The number of aryl methyl sites for hydroxylation is 1. The second kappa shape index (κ2) is 6.72. The molecule has 0 aliphatic carbocycles. The average molecular weight is 277 g/mol. The number of rotatable bonds is 4. The van der Waals surface area contributed by atoms with Gasteiger partial charge in [-0.2, -0.15) is 0 Å². The number of carbonyl (C=O) groups is 1. The maximum atomic E-state index is 12.1. The van der Waals surface area contributed by atoms with E-state index in [9.17, 15) is 4.79 Å².